The topological polar surface area (TPSA) is 32.3 Å². The first-order chi connectivity index (χ1) is 14.6. The lowest BCUT2D eigenvalue weighted by Crippen LogP contribution is -2.55. The number of fused-ring (bicyclic) bond motifs is 5. The molecule has 4 rings (SSSR count). The van der Waals surface area contributed by atoms with Crippen LogP contribution in [0.15, 0.2) is 23.3 Å². The van der Waals surface area contributed by atoms with Gasteiger partial charge in [0.25, 0.3) is 0 Å². The molecule has 174 valence electrons. The summed E-state index contributed by atoms with van der Waals surface area (Å²) in [6, 6.07) is 0.922. The van der Waals surface area contributed by atoms with Crippen LogP contribution in [-0.4, -0.2) is 37.0 Å². The number of hydrogen-bond acceptors (Lipinski definition) is 2. The summed E-state index contributed by atoms with van der Waals surface area (Å²) in [5.41, 5.74) is 3.68. The van der Waals surface area contributed by atoms with Crippen LogP contribution >= 0.6 is 0 Å². The second-order valence-electron chi connectivity index (χ2n) is 12.3. The maximum Gasteiger partial charge on any atom is 0.244 e. The van der Waals surface area contributed by atoms with E-state index in [0.717, 1.165) is 35.7 Å². The summed E-state index contributed by atoms with van der Waals surface area (Å²) in [6.45, 7) is 11.6. The number of nitrogens with one attached hydrogen (secondary N) is 1. The fourth-order valence-corrected chi connectivity index (χ4v) is 8.42. The summed E-state index contributed by atoms with van der Waals surface area (Å²) >= 11 is 0. The number of rotatable bonds is 4. The third kappa shape index (κ3) is 3.94. The Hall–Kier alpha value is -1.09. The highest BCUT2D eigenvalue weighted by atomic mass is 16.1. The number of allylic oxidation sites excluding steroid dienone is 2. The van der Waals surface area contributed by atoms with Crippen molar-refractivity contribution in [2.75, 3.05) is 14.1 Å². The van der Waals surface area contributed by atoms with Gasteiger partial charge < -0.3 is 10.2 Å². The third-order valence-corrected chi connectivity index (χ3v) is 10.3. The maximum absolute atomic E-state index is 12.3. The van der Waals surface area contributed by atoms with Gasteiger partial charge in [-0.1, -0.05) is 31.1 Å². The van der Waals surface area contributed by atoms with Crippen LogP contribution in [0.5, 0.6) is 0 Å². The molecule has 0 aromatic carbocycles. The van der Waals surface area contributed by atoms with Gasteiger partial charge in [0.05, 0.1) is 0 Å². The van der Waals surface area contributed by atoms with Crippen LogP contribution in [0.2, 0.25) is 0 Å². The third-order valence-electron chi connectivity index (χ3n) is 10.3. The average Bonchev–Trinajstić information content (AvgIpc) is 3.04. The predicted molar refractivity (Wildman–Crippen MR) is 130 cm³/mol. The Balaban J connectivity index is 1.47. The van der Waals surface area contributed by atoms with Crippen molar-refractivity contribution in [1.29, 1.82) is 0 Å². The lowest BCUT2D eigenvalue weighted by molar-refractivity contribution is -0.121. The first-order valence-corrected chi connectivity index (χ1v) is 12.9. The predicted octanol–water partition coefficient (Wildman–Crippen LogP) is 5.97. The number of likely N-dealkylation sites (N-methyl/N-ethyl adjacent to an activating group) is 1. The summed E-state index contributed by atoms with van der Waals surface area (Å²) in [7, 11) is 4.46. The molecule has 0 bridgehead atoms. The summed E-state index contributed by atoms with van der Waals surface area (Å²) in [4.78, 5) is 14.7. The Morgan fingerprint density at radius 3 is 2.55 bits per heavy atom. The van der Waals surface area contributed by atoms with Gasteiger partial charge in [-0.3, -0.25) is 4.79 Å². The Kier molecular flexibility index (Phi) is 6.22. The largest absolute Gasteiger partial charge is 0.350 e. The summed E-state index contributed by atoms with van der Waals surface area (Å²) in [5, 5.41) is 3.32. The molecule has 4 aliphatic rings. The summed E-state index contributed by atoms with van der Waals surface area (Å²) in [5.74, 6) is 3.49. The summed E-state index contributed by atoms with van der Waals surface area (Å²) in [6.07, 6.45) is 14.8. The molecular weight excluding hydrogens is 380 g/mol. The minimum atomic E-state index is 0.107. The van der Waals surface area contributed by atoms with E-state index in [0.29, 0.717) is 22.9 Å². The van der Waals surface area contributed by atoms with Crippen LogP contribution in [0.25, 0.3) is 0 Å². The molecule has 0 radical (unpaired) electrons. The van der Waals surface area contributed by atoms with E-state index in [9.17, 15) is 4.79 Å². The summed E-state index contributed by atoms with van der Waals surface area (Å²) < 4.78 is 0. The zero-order valence-corrected chi connectivity index (χ0v) is 21.1. The molecule has 1 unspecified atom stereocenters. The van der Waals surface area contributed by atoms with Gasteiger partial charge in [-0.25, -0.2) is 0 Å². The van der Waals surface area contributed by atoms with Crippen molar-refractivity contribution in [3.05, 3.63) is 23.3 Å². The first-order valence-electron chi connectivity index (χ1n) is 12.9. The van der Waals surface area contributed by atoms with E-state index in [2.05, 4.69) is 51.2 Å². The number of amides is 1. The zero-order chi connectivity index (χ0) is 22.6. The van der Waals surface area contributed by atoms with E-state index >= 15 is 0 Å². The van der Waals surface area contributed by atoms with Crippen LogP contribution < -0.4 is 5.32 Å². The minimum absolute atomic E-state index is 0.107. The minimum Gasteiger partial charge on any atom is -0.350 e. The Morgan fingerprint density at radius 2 is 1.87 bits per heavy atom. The van der Waals surface area contributed by atoms with Crippen molar-refractivity contribution in [2.45, 2.75) is 98.1 Å². The molecule has 3 saturated carbocycles. The molecule has 0 spiro atoms. The quantitative estimate of drug-likeness (QED) is 0.444. The molecule has 1 N–H and O–H groups in total. The van der Waals surface area contributed by atoms with Crippen LogP contribution in [-0.2, 0) is 4.79 Å². The lowest BCUT2D eigenvalue weighted by atomic mass is 9.44. The first kappa shape index (κ1) is 23.1. The van der Waals surface area contributed by atoms with Gasteiger partial charge in [0, 0.05) is 18.2 Å². The highest BCUT2D eigenvalue weighted by molar-refractivity contribution is 5.88. The molecule has 31 heavy (non-hydrogen) atoms. The van der Waals surface area contributed by atoms with Crippen LogP contribution in [0, 0.1) is 34.5 Å². The van der Waals surface area contributed by atoms with Gasteiger partial charge in [-0.2, -0.15) is 0 Å². The number of carbonyl (C=O) groups is 1. The molecule has 0 aromatic heterocycles. The average molecular weight is 427 g/mol. The molecule has 0 aliphatic heterocycles. The Morgan fingerprint density at radius 1 is 1.13 bits per heavy atom. The molecule has 1 amide bonds. The lowest BCUT2D eigenvalue weighted by Gasteiger charge is -2.61. The van der Waals surface area contributed by atoms with E-state index < -0.39 is 0 Å². The fraction of sp³-hybridized carbons (Fsp3) is 0.821. The monoisotopic (exact) mass is 426 g/mol. The molecule has 3 fully saturated rings. The molecule has 8 atom stereocenters. The standard InChI is InChI=1S/C28H46N2O/c1-18(2)16-26(31)29-21-12-14-27(4)20(17-21)8-9-22-24-11-10-23(19(3)30(6)7)28(24,5)15-13-25(22)27/h10,16,19-22,24-25H,8-9,11-15,17H2,1-7H3,(H,29,31)/t19-,20?,21-,22-,24-,25-,27-,28+/m0/s1. The van der Waals surface area contributed by atoms with Crippen molar-refractivity contribution >= 4 is 5.91 Å². The van der Waals surface area contributed by atoms with E-state index in [1.54, 1.807) is 11.6 Å². The van der Waals surface area contributed by atoms with Gasteiger partial charge in [-0.15, -0.1) is 0 Å². The van der Waals surface area contributed by atoms with Gasteiger partial charge >= 0.3 is 0 Å². The number of carbonyl (C=O) groups excluding carboxylic acids is 1. The maximum atomic E-state index is 12.3. The fourth-order valence-electron chi connectivity index (χ4n) is 8.42. The molecule has 4 aliphatic carbocycles. The Bertz CT molecular complexity index is 763. The second kappa shape index (κ2) is 8.36. The molecular formula is C28H46N2O. The van der Waals surface area contributed by atoms with Gasteiger partial charge in [0.15, 0.2) is 0 Å². The van der Waals surface area contributed by atoms with Gasteiger partial charge in [0.2, 0.25) is 5.91 Å². The van der Waals surface area contributed by atoms with Crippen LogP contribution in [0.1, 0.15) is 86.0 Å². The van der Waals surface area contributed by atoms with E-state index in [-0.39, 0.29) is 5.91 Å². The zero-order valence-electron chi connectivity index (χ0n) is 21.1. The normalized spacial score (nSPS) is 42.7. The SMILES string of the molecule is CC(C)=CC(=O)N[C@H]1CC[C@@]2(C)C(CC[C@@H]3[C@@H]2CC[C@]2(C)C([C@H](C)N(C)C)=CC[C@@H]32)C1. The van der Waals surface area contributed by atoms with Crippen molar-refractivity contribution in [1.82, 2.24) is 10.2 Å². The molecule has 0 saturated heterocycles. The van der Waals surface area contributed by atoms with Gasteiger partial charge in [-0.05, 0) is 121 Å². The highest BCUT2D eigenvalue weighted by Gasteiger charge is 2.59. The molecule has 0 heterocycles. The molecule has 3 heteroatoms. The smallest absolute Gasteiger partial charge is 0.244 e. The van der Waals surface area contributed by atoms with Crippen molar-refractivity contribution in [2.24, 2.45) is 34.5 Å². The van der Waals surface area contributed by atoms with Crippen LogP contribution in [0.3, 0.4) is 0 Å². The van der Waals surface area contributed by atoms with E-state index in [1.807, 2.05) is 13.8 Å². The number of hydrogen-bond donors (Lipinski definition) is 1. The van der Waals surface area contributed by atoms with E-state index in [1.165, 1.54) is 44.9 Å². The highest BCUT2D eigenvalue weighted by Crippen LogP contribution is 2.66. The molecule has 3 nitrogen and oxygen atoms in total. The second-order valence-corrected chi connectivity index (χ2v) is 12.3. The van der Waals surface area contributed by atoms with Crippen molar-refractivity contribution in [3.63, 3.8) is 0 Å². The number of nitrogens with zero attached hydrogens (tertiary/aromatic N) is 1. The van der Waals surface area contributed by atoms with Gasteiger partial charge in [0.1, 0.15) is 0 Å². The van der Waals surface area contributed by atoms with Crippen molar-refractivity contribution in [3.8, 4) is 0 Å². The molecule has 0 aromatic rings. The Labute approximate surface area is 191 Å². The van der Waals surface area contributed by atoms with E-state index in [4.69, 9.17) is 0 Å². The van der Waals surface area contributed by atoms with Crippen molar-refractivity contribution < 1.29 is 4.79 Å². The van der Waals surface area contributed by atoms with Crippen LogP contribution in [0.4, 0.5) is 0 Å².